The number of alkyl halides is 5. The first-order valence-corrected chi connectivity index (χ1v) is 9.51. The van der Waals surface area contributed by atoms with Crippen LogP contribution in [0, 0.1) is 13.8 Å². The third kappa shape index (κ3) is 6.09. The molecule has 0 aromatic heterocycles. The summed E-state index contributed by atoms with van der Waals surface area (Å²) < 4.78 is 67.2. The van der Waals surface area contributed by atoms with Crippen molar-refractivity contribution in [3.8, 4) is 5.75 Å². The summed E-state index contributed by atoms with van der Waals surface area (Å²) in [5, 5.41) is 0. The molecule has 158 valence electrons. The number of ether oxygens (including phenoxy) is 1. The van der Waals surface area contributed by atoms with Gasteiger partial charge in [-0.2, -0.15) is 22.0 Å². The van der Waals surface area contributed by atoms with E-state index in [9.17, 15) is 22.0 Å². The van der Waals surface area contributed by atoms with Gasteiger partial charge in [0.25, 0.3) is 0 Å². The van der Waals surface area contributed by atoms with E-state index in [1.807, 2.05) is 44.9 Å². The largest absolute Gasteiger partial charge is 0.499 e. The first-order valence-electron chi connectivity index (χ1n) is 8.70. The predicted octanol–water partition coefficient (Wildman–Crippen LogP) is 6.60. The zero-order valence-electron chi connectivity index (χ0n) is 16.3. The van der Waals surface area contributed by atoms with E-state index in [1.54, 1.807) is 12.4 Å². The molecule has 0 fully saturated rings. The van der Waals surface area contributed by atoms with Gasteiger partial charge in [0, 0.05) is 23.4 Å². The molecule has 0 aliphatic heterocycles. The monoisotopic (exact) mass is 432 g/mol. The van der Waals surface area contributed by atoms with Crippen LogP contribution in [0.3, 0.4) is 0 Å². The molecule has 3 nitrogen and oxygen atoms in total. The first-order chi connectivity index (χ1) is 13.4. The Balaban J connectivity index is 2.22. The highest BCUT2D eigenvalue weighted by Gasteiger charge is 2.61. The average Bonchev–Trinajstić information content (AvgIpc) is 2.62. The summed E-state index contributed by atoms with van der Waals surface area (Å²) in [6.45, 7) is 6.60. The van der Waals surface area contributed by atoms with Gasteiger partial charge in [0.2, 0.25) is 0 Å². The molecular formula is C20H21F5N2OS. The first kappa shape index (κ1) is 23.0. The summed E-state index contributed by atoms with van der Waals surface area (Å²) in [5.41, 5.74) is 2.61. The Bertz CT molecular complexity index is 884. The van der Waals surface area contributed by atoms with Crippen LogP contribution < -0.4 is 4.74 Å². The molecule has 0 atom stereocenters. The second-order valence-corrected chi connectivity index (χ2v) is 7.53. The third-order valence-electron chi connectivity index (χ3n) is 4.00. The molecule has 0 unspecified atom stereocenters. The molecule has 0 amide bonds. The van der Waals surface area contributed by atoms with Crippen molar-refractivity contribution in [2.24, 2.45) is 4.99 Å². The molecule has 0 radical (unpaired) electrons. The number of aliphatic imine (C=N–C) groups is 1. The lowest BCUT2D eigenvalue weighted by molar-refractivity contribution is -0.360. The summed E-state index contributed by atoms with van der Waals surface area (Å²) in [6, 6.07) is 8.99. The molecule has 0 aliphatic carbocycles. The number of hydrogen-bond acceptors (Lipinski definition) is 3. The van der Waals surface area contributed by atoms with E-state index in [0.717, 1.165) is 40.4 Å². The van der Waals surface area contributed by atoms with Crippen molar-refractivity contribution < 1.29 is 26.7 Å². The number of aryl methyl sites for hydroxylation is 2. The zero-order chi connectivity index (χ0) is 21.8. The number of nitrogens with zero attached hydrogens (tertiary/aromatic N) is 2. The zero-order valence-corrected chi connectivity index (χ0v) is 17.2. The van der Waals surface area contributed by atoms with Crippen LogP contribution in [0.25, 0.3) is 0 Å². The van der Waals surface area contributed by atoms with Crippen LogP contribution in [0.2, 0.25) is 0 Å². The Kier molecular flexibility index (Phi) is 7.15. The Labute approximate surface area is 170 Å². The van der Waals surface area contributed by atoms with E-state index >= 15 is 0 Å². The van der Waals surface area contributed by atoms with E-state index < -0.39 is 18.0 Å². The van der Waals surface area contributed by atoms with Crippen molar-refractivity contribution in [3.05, 3.63) is 47.5 Å². The Morgan fingerprint density at radius 2 is 1.76 bits per heavy atom. The molecule has 0 aliphatic rings. The summed E-state index contributed by atoms with van der Waals surface area (Å²) in [5.74, 6) is -0.560. The standard InChI is InChI=1S/C20H21F5N2OS/c1-5-27(4)12-26-17-9-14(3)18(10-13(17)2)29-16-8-6-7-15(11-16)28-20(24,25)19(21,22)23/h6-12H,5H2,1-4H3/b26-12-. The molecule has 0 saturated heterocycles. The fraction of sp³-hybridized carbons (Fsp3) is 0.350. The lowest BCUT2D eigenvalue weighted by atomic mass is 10.1. The predicted molar refractivity (Wildman–Crippen MR) is 105 cm³/mol. The van der Waals surface area contributed by atoms with Crippen molar-refractivity contribution >= 4 is 23.8 Å². The van der Waals surface area contributed by atoms with Crippen molar-refractivity contribution in [2.45, 2.75) is 42.8 Å². The maximum Gasteiger partial charge on any atom is 0.499 e. The molecule has 0 spiro atoms. The Morgan fingerprint density at radius 3 is 2.38 bits per heavy atom. The molecule has 2 rings (SSSR count). The van der Waals surface area contributed by atoms with Gasteiger partial charge in [-0.1, -0.05) is 17.8 Å². The Hall–Kier alpha value is -2.29. The van der Waals surface area contributed by atoms with Crippen molar-refractivity contribution in [1.29, 1.82) is 0 Å². The van der Waals surface area contributed by atoms with Gasteiger partial charge in [-0.3, -0.25) is 0 Å². The molecule has 0 bridgehead atoms. The third-order valence-corrected chi connectivity index (χ3v) is 5.14. The summed E-state index contributed by atoms with van der Waals surface area (Å²) in [6.07, 6.45) is -9.31. The van der Waals surface area contributed by atoms with Crippen molar-refractivity contribution in [1.82, 2.24) is 4.90 Å². The minimum absolute atomic E-state index is 0.477. The van der Waals surface area contributed by atoms with Gasteiger partial charge in [-0.05, 0) is 62.2 Å². The van der Waals surface area contributed by atoms with Crippen LogP contribution in [0.5, 0.6) is 5.75 Å². The fourth-order valence-corrected chi connectivity index (χ4v) is 3.23. The molecule has 0 saturated carbocycles. The molecular weight excluding hydrogens is 411 g/mol. The van der Waals surface area contributed by atoms with Gasteiger partial charge < -0.3 is 9.64 Å². The highest BCUT2D eigenvalue weighted by atomic mass is 32.2. The van der Waals surface area contributed by atoms with Gasteiger partial charge in [-0.25, -0.2) is 4.99 Å². The second-order valence-electron chi connectivity index (χ2n) is 6.42. The number of rotatable bonds is 7. The van der Waals surface area contributed by atoms with Crippen LogP contribution >= 0.6 is 11.8 Å². The van der Waals surface area contributed by atoms with Gasteiger partial charge in [0.1, 0.15) is 5.75 Å². The van der Waals surface area contributed by atoms with E-state index in [0.29, 0.717) is 4.90 Å². The Morgan fingerprint density at radius 1 is 1.07 bits per heavy atom. The molecule has 2 aromatic rings. The maximum atomic E-state index is 13.1. The van der Waals surface area contributed by atoms with Crippen LogP contribution in [0.4, 0.5) is 27.6 Å². The number of benzene rings is 2. The number of hydrogen-bond donors (Lipinski definition) is 0. The van der Waals surface area contributed by atoms with Crippen molar-refractivity contribution in [2.75, 3.05) is 13.6 Å². The molecule has 2 aromatic carbocycles. The number of halogens is 5. The molecule has 0 N–H and O–H groups in total. The molecule has 0 heterocycles. The lowest BCUT2D eigenvalue weighted by Crippen LogP contribution is -2.41. The lowest BCUT2D eigenvalue weighted by Gasteiger charge is -2.20. The van der Waals surface area contributed by atoms with E-state index in [4.69, 9.17) is 0 Å². The highest BCUT2D eigenvalue weighted by Crippen LogP contribution is 2.39. The quantitative estimate of drug-likeness (QED) is 0.280. The van der Waals surface area contributed by atoms with Crippen LogP contribution in [-0.4, -0.2) is 37.1 Å². The van der Waals surface area contributed by atoms with Crippen LogP contribution in [-0.2, 0) is 0 Å². The smallest absolute Gasteiger partial charge is 0.426 e. The van der Waals surface area contributed by atoms with Crippen LogP contribution in [0.1, 0.15) is 18.1 Å². The molecule has 9 heteroatoms. The normalized spacial score (nSPS) is 12.4. The highest BCUT2D eigenvalue weighted by molar-refractivity contribution is 7.99. The minimum atomic E-state index is -5.79. The summed E-state index contributed by atoms with van der Waals surface area (Å²) >= 11 is 1.25. The van der Waals surface area contributed by atoms with Gasteiger partial charge in [0.15, 0.2) is 0 Å². The average molecular weight is 432 g/mol. The fourth-order valence-electron chi connectivity index (χ4n) is 2.20. The molecule has 29 heavy (non-hydrogen) atoms. The van der Waals surface area contributed by atoms with Gasteiger partial charge in [-0.15, -0.1) is 0 Å². The maximum absolute atomic E-state index is 13.1. The van der Waals surface area contributed by atoms with Gasteiger partial charge in [0.05, 0.1) is 12.0 Å². The van der Waals surface area contributed by atoms with E-state index in [-0.39, 0.29) is 0 Å². The minimum Gasteiger partial charge on any atom is -0.426 e. The van der Waals surface area contributed by atoms with E-state index in [1.165, 1.54) is 17.8 Å². The summed E-state index contributed by atoms with van der Waals surface area (Å²) in [7, 11) is 1.91. The topological polar surface area (TPSA) is 24.8 Å². The van der Waals surface area contributed by atoms with E-state index in [2.05, 4.69) is 9.73 Å². The van der Waals surface area contributed by atoms with Crippen molar-refractivity contribution in [3.63, 3.8) is 0 Å². The van der Waals surface area contributed by atoms with Gasteiger partial charge >= 0.3 is 12.3 Å². The summed E-state index contributed by atoms with van der Waals surface area (Å²) in [4.78, 5) is 7.69. The second kappa shape index (κ2) is 9.02. The SMILES string of the molecule is CCN(C)/C=N\c1cc(C)c(Sc2cccc(OC(F)(F)C(F)(F)F)c2)cc1C. The van der Waals surface area contributed by atoms with Crippen LogP contribution in [0.15, 0.2) is 51.2 Å².